The Hall–Kier alpha value is -0.940. The molecule has 0 heterocycles. The summed E-state index contributed by atoms with van der Waals surface area (Å²) in [6, 6.07) is 13.5. The predicted molar refractivity (Wildman–Crippen MR) is 81.5 cm³/mol. The zero-order chi connectivity index (χ0) is 13.0. The van der Waals surface area contributed by atoms with E-state index in [9.17, 15) is 0 Å². The smallest absolute Gasteiger partial charge is 0.139 e. The lowest BCUT2D eigenvalue weighted by atomic mass is 10.2. The molecule has 0 unspecified atom stereocenters. The monoisotopic (exact) mass is 374 g/mol. The third-order valence-electron chi connectivity index (χ3n) is 2.45. The lowest BCUT2D eigenvalue weighted by molar-refractivity contribution is 0.306. The van der Waals surface area contributed by atoms with E-state index < -0.39 is 0 Å². The molecule has 2 rings (SSSR count). The van der Waals surface area contributed by atoms with E-state index >= 15 is 0 Å². The Morgan fingerprint density at radius 3 is 2.50 bits per heavy atom. The molecule has 0 amide bonds. The molecule has 94 valence electrons. The van der Waals surface area contributed by atoms with Crippen LogP contribution in [0.25, 0.3) is 0 Å². The van der Waals surface area contributed by atoms with Gasteiger partial charge < -0.3 is 9.47 Å². The van der Waals surface area contributed by atoms with Crippen LogP contribution in [0, 0.1) is 3.57 Å². The first-order valence-corrected chi connectivity index (χ1v) is 6.85. The normalized spacial score (nSPS) is 10.2. The molecule has 0 spiro atoms. The van der Waals surface area contributed by atoms with E-state index in [0.29, 0.717) is 17.4 Å². The van der Waals surface area contributed by atoms with Gasteiger partial charge in [0.15, 0.2) is 0 Å². The largest absolute Gasteiger partial charge is 0.497 e. The third-order valence-corrected chi connectivity index (χ3v) is 3.43. The van der Waals surface area contributed by atoms with E-state index in [-0.39, 0.29) is 0 Å². The van der Waals surface area contributed by atoms with Gasteiger partial charge in [0, 0.05) is 3.57 Å². The quantitative estimate of drug-likeness (QED) is 0.732. The molecule has 0 atom stereocenters. The second kappa shape index (κ2) is 6.29. The summed E-state index contributed by atoms with van der Waals surface area (Å²) >= 11 is 8.29. The van der Waals surface area contributed by atoms with Crippen LogP contribution in [-0.4, -0.2) is 7.11 Å². The minimum absolute atomic E-state index is 0.490. The van der Waals surface area contributed by atoms with Crippen molar-refractivity contribution in [2.75, 3.05) is 7.11 Å². The molecule has 2 aromatic carbocycles. The Morgan fingerprint density at radius 2 is 1.83 bits per heavy atom. The summed E-state index contributed by atoms with van der Waals surface area (Å²) in [5, 5.41) is 0.629. The maximum Gasteiger partial charge on any atom is 0.139 e. The minimum Gasteiger partial charge on any atom is -0.497 e. The first-order chi connectivity index (χ1) is 8.69. The molecule has 0 aliphatic rings. The second-order valence-corrected chi connectivity index (χ2v) is 5.36. The molecule has 18 heavy (non-hydrogen) atoms. The fourth-order valence-electron chi connectivity index (χ4n) is 1.47. The highest BCUT2D eigenvalue weighted by atomic mass is 127. The highest BCUT2D eigenvalue weighted by Crippen LogP contribution is 2.27. The van der Waals surface area contributed by atoms with Crippen LogP contribution in [0.15, 0.2) is 42.5 Å². The van der Waals surface area contributed by atoms with Crippen LogP contribution in [0.3, 0.4) is 0 Å². The topological polar surface area (TPSA) is 18.5 Å². The third kappa shape index (κ3) is 3.53. The van der Waals surface area contributed by atoms with Crippen molar-refractivity contribution < 1.29 is 9.47 Å². The molecule has 0 bridgehead atoms. The molecular formula is C14H12ClIO2. The fraction of sp³-hybridized carbons (Fsp3) is 0.143. The maximum absolute atomic E-state index is 6.06. The van der Waals surface area contributed by atoms with E-state index in [1.807, 2.05) is 42.5 Å². The van der Waals surface area contributed by atoms with Gasteiger partial charge in [0.2, 0.25) is 0 Å². The van der Waals surface area contributed by atoms with Gasteiger partial charge in [-0.3, -0.25) is 0 Å². The van der Waals surface area contributed by atoms with Crippen LogP contribution in [0.1, 0.15) is 5.56 Å². The van der Waals surface area contributed by atoms with E-state index in [1.54, 1.807) is 7.11 Å². The Bertz CT molecular complexity index is 526. The van der Waals surface area contributed by atoms with Gasteiger partial charge in [-0.2, -0.15) is 0 Å². The standard InChI is InChI=1S/C14H12ClIO2/c1-17-12-5-2-10(3-6-12)9-18-14-8-11(16)4-7-13(14)15/h2-8H,9H2,1H3. The second-order valence-electron chi connectivity index (χ2n) is 3.71. The van der Waals surface area contributed by atoms with Crippen LogP contribution in [0.4, 0.5) is 0 Å². The average Bonchev–Trinajstić information content (AvgIpc) is 2.40. The van der Waals surface area contributed by atoms with E-state index in [0.717, 1.165) is 14.9 Å². The van der Waals surface area contributed by atoms with Crippen molar-refractivity contribution in [1.82, 2.24) is 0 Å². The van der Waals surface area contributed by atoms with Gasteiger partial charge in [0.1, 0.15) is 18.1 Å². The molecule has 0 aromatic heterocycles. The lowest BCUT2D eigenvalue weighted by Crippen LogP contribution is -1.96. The Labute approximate surface area is 125 Å². The molecular weight excluding hydrogens is 363 g/mol. The van der Waals surface area contributed by atoms with Gasteiger partial charge in [0.05, 0.1) is 12.1 Å². The zero-order valence-electron chi connectivity index (χ0n) is 9.82. The van der Waals surface area contributed by atoms with Gasteiger partial charge in [-0.1, -0.05) is 23.7 Å². The van der Waals surface area contributed by atoms with Gasteiger partial charge in [0.25, 0.3) is 0 Å². The molecule has 0 N–H and O–H groups in total. The summed E-state index contributed by atoms with van der Waals surface area (Å²) in [6.45, 7) is 0.490. The number of hydrogen-bond acceptors (Lipinski definition) is 2. The van der Waals surface area contributed by atoms with Crippen molar-refractivity contribution in [3.05, 3.63) is 56.6 Å². The number of rotatable bonds is 4. The molecule has 0 aliphatic carbocycles. The van der Waals surface area contributed by atoms with Crippen LogP contribution < -0.4 is 9.47 Å². The molecule has 0 fully saturated rings. The van der Waals surface area contributed by atoms with E-state index in [2.05, 4.69) is 22.6 Å². The predicted octanol–water partition coefficient (Wildman–Crippen LogP) is 4.53. The number of ether oxygens (including phenoxy) is 2. The van der Waals surface area contributed by atoms with Crippen molar-refractivity contribution in [2.45, 2.75) is 6.61 Å². The highest BCUT2D eigenvalue weighted by Gasteiger charge is 2.03. The van der Waals surface area contributed by atoms with Crippen LogP contribution in [-0.2, 0) is 6.61 Å². The van der Waals surface area contributed by atoms with E-state index in [4.69, 9.17) is 21.1 Å². The van der Waals surface area contributed by atoms with Crippen molar-refractivity contribution >= 4 is 34.2 Å². The van der Waals surface area contributed by atoms with Crippen molar-refractivity contribution in [3.8, 4) is 11.5 Å². The van der Waals surface area contributed by atoms with E-state index in [1.165, 1.54) is 0 Å². The number of benzene rings is 2. The first kappa shape index (κ1) is 13.5. The summed E-state index contributed by atoms with van der Waals surface area (Å²) < 4.78 is 11.9. The van der Waals surface area contributed by atoms with Crippen LogP contribution in [0.2, 0.25) is 5.02 Å². The highest BCUT2D eigenvalue weighted by molar-refractivity contribution is 14.1. The van der Waals surface area contributed by atoms with Gasteiger partial charge in [-0.05, 0) is 58.5 Å². The lowest BCUT2D eigenvalue weighted by Gasteiger charge is -2.09. The summed E-state index contributed by atoms with van der Waals surface area (Å²) in [5.41, 5.74) is 1.07. The zero-order valence-corrected chi connectivity index (χ0v) is 12.7. The Morgan fingerprint density at radius 1 is 1.11 bits per heavy atom. The maximum atomic E-state index is 6.06. The Balaban J connectivity index is 2.04. The molecule has 0 saturated heterocycles. The minimum atomic E-state index is 0.490. The molecule has 2 nitrogen and oxygen atoms in total. The molecule has 0 saturated carbocycles. The number of halogens is 2. The molecule has 4 heteroatoms. The number of hydrogen-bond donors (Lipinski definition) is 0. The van der Waals surface area contributed by atoms with Crippen molar-refractivity contribution in [1.29, 1.82) is 0 Å². The molecule has 2 aromatic rings. The fourth-order valence-corrected chi connectivity index (χ4v) is 2.11. The summed E-state index contributed by atoms with van der Waals surface area (Å²) in [6.07, 6.45) is 0. The van der Waals surface area contributed by atoms with Gasteiger partial charge in [-0.15, -0.1) is 0 Å². The van der Waals surface area contributed by atoms with Crippen molar-refractivity contribution in [3.63, 3.8) is 0 Å². The van der Waals surface area contributed by atoms with Gasteiger partial charge in [-0.25, -0.2) is 0 Å². The van der Waals surface area contributed by atoms with Gasteiger partial charge >= 0.3 is 0 Å². The average molecular weight is 375 g/mol. The SMILES string of the molecule is COc1ccc(COc2cc(I)ccc2Cl)cc1. The first-order valence-electron chi connectivity index (χ1n) is 5.40. The molecule has 0 radical (unpaired) electrons. The summed E-state index contributed by atoms with van der Waals surface area (Å²) in [5.74, 6) is 1.55. The number of methoxy groups -OCH3 is 1. The molecule has 0 aliphatic heterocycles. The summed E-state index contributed by atoms with van der Waals surface area (Å²) in [4.78, 5) is 0. The van der Waals surface area contributed by atoms with Crippen LogP contribution >= 0.6 is 34.2 Å². The summed E-state index contributed by atoms with van der Waals surface area (Å²) in [7, 11) is 1.65. The van der Waals surface area contributed by atoms with Crippen molar-refractivity contribution in [2.24, 2.45) is 0 Å². The van der Waals surface area contributed by atoms with Crippen LogP contribution in [0.5, 0.6) is 11.5 Å². The Kier molecular flexibility index (Phi) is 4.72.